The van der Waals surface area contributed by atoms with E-state index in [1.807, 2.05) is 14.0 Å². The number of hydrogen-bond acceptors (Lipinski definition) is 6. The molecule has 10 nitrogen and oxygen atoms in total. The minimum absolute atomic E-state index is 0.0302. The number of carbonyl (C=O) groups is 4. The number of hydrogen-bond donors (Lipinski definition) is 2. The summed E-state index contributed by atoms with van der Waals surface area (Å²) in [6.45, 7) is 6.99. The molecule has 1 aliphatic heterocycles. The van der Waals surface area contributed by atoms with Crippen molar-refractivity contribution in [3.63, 3.8) is 0 Å². The lowest BCUT2D eigenvalue weighted by Crippen LogP contribution is -2.54. The lowest BCUT2D eigenvalue weighted by molar-refractivity contribution is -0.137. The molecule has 2 aliphatic rings. The fourth-order valence-electron chi connectivity index (χ4n) is 6.27. The topological polar surface area (TPSA) is 117 Å². The molecule has 0 bridgehead atoms. The Morgan fingerprint density at radius 2 is 1.75 bits per heavy atom. The van der Waals surface area contributed by atoms with Crippen LogP contribution in [0.1, 0.15) is 81.3 Å². The van der Waals surface area contributed by atoms with Gasteiger partial charge in [0, 0.05) is 64.1 Å². The highest BCUT2D eigenvalue weighted by molar-refractivity contribution is 6.00. The second-order valence-electron chi connectivity index (χ2n) is 12.2. The van der Waals surface area contributed by atoms with E-state index < -0.39 is 17.8 Å². The SMILES string of the molecule is CCCn1nccc1C(=O)C[C@H](C(=O)Nc1ccc(C[C@@H](NC(=O)CC)C(=O)N2CCN(C)CC2)cc1F)C1CCCCC1. The van der Waals surface area contributed by atoms with Gasteiger partial charge in [-0.05, 0) is 56.0 Å². The number of Topliss-reactive ketones (excluding diaryl/α,β-unsaturated/α-hetero) is 1. The van der Waals surface area contributed by atoms with Crippen LogP contribution in [0.4, 0.5) is 10.1 Å². The second kappa shape index (κ2) is 15.9. The Labute approximate surface area is 259 Å². The van der Waals surface area contributed by atoms with Crippen LogP contribution in [0.2, 0.25) is 0 Å². The number of halogens is 1. The van der Waals surface area contributed by atoms with Crippen molar-refractivity contribution in [2.24, 2.45) is 11.8 Å². The minimum Gasteiger partial charge on any atom is -0.344 e. The fraction of sp³-hybridized carbons (Fsp3) is 0.606. The van der Waals surface area contributed by atoms with Crippen LogP contribution >= 0.6 is 0 Å². The van der Waals surface area contributed by atoms with Gasteiger partial charge in [0.25, 0.3) is 0 Å². The van der Waals surface area contributed by atoms with Crippen LogP contribution in [0, 0.1) is 17.7 Å². The van der Waals surface area contributed by atoms with Gasteiger partial charge in [-0.15, -0.1) is 0 Å². The molecule has 11 heteroatoms. The molecule has 1 aliphatic carbocycles. The molecule has 2 heterocycles. The molecule has 240 valence electrons. The van der Waals surface area contributed by atoms with Crippen LogP contribution in [0.5, 0.6) is 0 Å². The number of aromatic nitrogens is 2. The lowest BCUT2D eigenvalue weighted by atomic mass is 9.77. The summed E-state index contributed by atoms with van der Waals surface area (Å²) in [7, 11) is 2.00. The summed E-state index contributed by atoms with van der Waals surface area (Å²) >= 11 is 0. The molecule has 1 aromatic carbocycles. The van der Waals surface area contributed by atoms with Crippen LogP contribution in [-0.4, -0.2) is 82.4 Å². The quantitative estimate of drug-likeness (QED) is 0.331. The third-order valence-electron chi connectivity index (χ3n) is 8.90. The van der Waals surface area contributed by atoms with Gasteiger partial charge >= 0.3 is 0 Å². The van der Waals surface area contributed by atoms with Crippen LogP contribution in [0.3, 0.4) is 0 Å². The van der Waals surface area contributed by atoms with Crippen molar-refractivity contribution in [3.8, 4) is 0 Å². The number of likely N-dealkylation sites (N-methyl/N-ethyl adjacent to an activating group) is 1. The Balaban J connectivity index is 1.47. The molecule has 3 amide bonds. The number of carbonyl (C=O) groups excluding carboxylic acids is 4. The van der Waals surface area contributed by atoms with Crippen molar-refractivity contribution in [1.29, 1.82) is 0 Å². The van der Waals surface area contributed by atoms with E-state index in [0.29, 0.717) is 30.9 Å². The Hall–Kier alpha value is -3.60. The third-order valence-corrected chi connectivity index (χ3v) is 8.90. The average Bonchev–Trinajstić information content (AvgIpc) is 3.49. The zero-order valence-electron chi connectivity index (χ0n) is 26.3. The monoisotopic (exact) mass is 610 g/mol. The summed E-state index contributed by atoms with van der Waals surface area (Å²) < 4.78 is 17.1. The van der Waals surface area contributed by atoms with E-state index in [-0.39, 0.29) is 54.4 Å². The van der Waals surface area contributed by atoms with Gasteiger partial charge in [-0.1, -0.05) is 39.2 Å². The molecule has 44 heavy (non-hydrogen) atoms. The number of aryl methyl sites for hydroxylation is 1. The molecule has 4 rings (SSSR count). The summed E-state index contributed by atoms with van der Waals surface area (Å²) in [5.74, 6) is -2.10. The number of amides is 3. The number of benzene rings is 1. The maximum absolute atomic E-state index is 15.4. The van der Waals surface area contributed by atoms with Crippen molar-refractivity contribution < 1.29 is 23.6 Å². The lowest BCUT2D eigenvalue weighted by Gasteiger charge is -2.34. The van der Waals surface area contributed by atoms with Crippen LogP contribution in [0.25, 0.3) is 0 Å². The van der Waals surface area contributed by atoms with Gasteiger partial charge in [-0.2, -0.15) is 5.10 Å². The van der Waals surface area contributed by atoms with Crippen molar-refractivity contribution >= 4 is 29.2 Å². The average molecular weight is 611 g/mol. The van der Waals surface area contributed by atoms with E-state index in [1.54, 1.807) is 34.8 Å². The molecule has 0 radical (unpaired) electrons. The van der Waals surface area contributed by atoms with E-state index in [1.165, 1.54) is 12.1 Å². The predicted molar refractivity (Wildman–Crippen MR) is 167 cm³/mol. The summed E-state index contributed by atoms with van der Waals surface area (Å²) in [5, 5.41) is 9.83. The Bertz CT molecular complexity index is 1300. The summed E-state index contributed by atoms with van der Waals surface area (Å²) in [6.07, 6.45) is 7.66. The molecule has 2 fully saturated rings. The number of nitrogens with zero attached hydrogens (tertiary/aromatic N) is 4. The molecule has 1 saturated heterocycles. The normalized spacial score (nSPS) is 17.6. The van der Waals surface area contributed by atoms with Crippen molar-refractivity contribution in [1.82, 2.24) is 24.9 Å². The number of ketones is 1. The zero-order chi connectivity index (χ0) is 31.6. The summed E-state index contributed by atoms with van der Waals surface area (Å²) in [5.41, 5.74) is 1.06. The van der Waals surface area contributed by atoms with Gasteiger partial charge in [0.1, 0.15) is 17.6 Å². The van der Waals surface area contributed by atoms with E-state index in [4.69, 9.17) is 0 Å². The number of anilines is 1. The predicted octanol–water partition coefficient (Wildman–Crippen LogP) is 4.05. The highest BCUT2D eigenvalue weighted by Gasteiger charge is 2.33. The molecule has 2 atom stereocenters. The van der Waals surface area contributed by atoms with Crippen LogP contribution < -0.4 is 10.6 Å². The number of nitrogens with one attached hydrogen (secondary N) is 2. The Morgan fingerprint density at radius 3 is 2.41 bits per heavy atom. The van der Waals surface area contributed by atoms with Crippen LogP contribution in [-0.2, 0) is 27.3 Å². The minimum atomic E-state index is -0.812. The number of piperazine rings is 1. The molecule has 1 aromatic heterocycles. The van der Waals surface area contributed by atoms with Gasteiger partial charge < -0.3 is 20.4 Å². The maximum atomic E-state index is 15.4. The van der Waals surface area contributed by atoms with E-state index in [9.17, 15) is 19.2 Å². The zero-order valence-corrected chi connectivity index (χ0v) is 26.3. The first-order valence-electron chi connectivity index (χ1n) is 16.1. The molecule has 0 unspecified atom stereocenters. The fourth-order valence-corrected chi connectivity index (χ4v) is 6.27. The smallest absolute Gasteiger partial charge is 0.245 e. The van der Waals surface area contributed by atoms with Crippen molar-refractivity contribution in [2.45, 2.75) is 84.2 Å². The molecular formula is C33H47FN6O4. The molecule has 2 aromatic rings. The summed E-state index contributed by atoms with van der Waals surface area (Å²) in [6, 6.07) is 5.36. The highest BCUT2D eigenvalue weighted by atomic mass is 19.1. The summed E-state index contributed by atoms with van der Waals surface area (Å²) in [4.78, 5) is 56.4. The van der Waals surface area contributed by atoms with Gasteiger partial charge in [-0.25, -0.2) is 4.39 Å². The van der Waals surface area contributed by atoms with E-state index in [0.717, 1.165) is 51.6 Å². The highest BCUT2D eigenvalue weighted by Crippen LogP contribution is 2.34. The molecule has 0 spiro atoms. The standard InChI is InChI=1S/C33H47FN6O4/c1-4-15-40-29(13-14-35-40)30(41)22-25(24-9-7-6-8-10-24)32(43)37-27-12-11-23(20-26(27)34)21-28(36-31(42)5-2)33(44)39-18-16-38(3)17-19-39/h11-14,20,24-25,28H,4-10,15-19,21-22H2,1-3H3,(H,36,42)(H,37,43)/t25-,28+/m0/s1. The largest absolute Gasteiger partial charge is 0.344 e. The first kappa shape index (κ1) is 33.3. The molecule has 2 N–H and O–H groups in total. The molecular weight excluding hydrogens is 563 g/mol. The van der Waals surface area contributed by atoms with Crippen molar-refractivity contribution in [2.75, 3.05) is 38.5 Å². The third kappa shape index (κ3) is 8.74. The van der Waals surface area contributed by atoms with Crippen LogP contribution in [0.15, 0.2) is 30.5 Å². The first-order chi connectivity index (χ1) is 21.2. The van der Waals surface area contributed by atoms with Gasteiger partial charge in [-0.3, -0.25) is 23.9 Å². The van der Waals surface area contributed by atoms with Crippen molar-refractivity contribution in [3.05, 3.63) is 47.5 Å². The van der Waals surface area contributed by atoms with Gasteiger partial charge in [0.05, 0.1) is 5.69 Å². The molecule has 1 saturated carbocycles. The van der Waals surface area contributed by atoms with E-state index in [2.05, 4.69) is 20.6 Å². The first-order valence-corrected chi connectivity index (χ1v) is 16.1. The maximum Gasteiger partial charge on any atom is 0.245 e. The Morgan fingerprint density at radius 1 is 1.02 bits per heavy atom. The Kier molecular flexibility index (Phi) is 12.1. The van der Waals surface area contributed by atoms with Gasteiger partial charge in [0.2, 0.25) is 17.7 Å². The second-order valence-corrected chi connectivity index (χ2v) is 12.2. The van der Waals surface area contributed by atoms with Gasteiger partial charge in [0.15, 0.2) is 5.78 Å². The van der Waals surface area contributed by atoms with E-state index >= 15 is 4.39 Å². The number of rotatable bonds is 13.